The van der Waals surface area contributed by atoms with Crippen molar-refractivity contribution in [3.8, 4) is 5.75 Å². The number of nitrogens with two attached hydrogens (primary N) is 1. The van der Waals surface area contributed by atoms with Crippen LogP contribution in [0.15, 0.2) is 30.5 Å². The summed E-state index contributed by atoms with van der Waals surface area (Å²) < 4.78 is 5.24. The number of nitrogens with zero attached hydrogens (tertiary/aromatic N) is 1. The van der Waals surface area contributed by atoms with Crippen LogP contribution in [0.4, 0.5) is 11.4 Å². The van der Waals surface area contributed by atoms with E-state index in [2.05, 4.69) is 15.7 Å². The van der Waals surface area contributed by atoms with E-state index in [1.165, 1.54) is 6.20 Å². The first-order chi connectivity index (χ1) is 10.0. The van der Waals surface area contributed by atoms with Crippen LogP contribution in [0.5, 0.6) is 5.75 Å². The van der Waals surface area contributed by atoms with Crippen molar-refractivity contribution in [1.82, 2.24) is 4.98 Å². The van der Waals surface area contributed by atoms with E-state index in [1.54, 1.807) is 19.2 Å². The molecule has 0 aliphatic heterocycles. The summed E-state index contributed by atoms with van der Waals surface area (Å²) in [7, 11) is 1.56. The van der Waals surface area contributed by atoms with E-state index in [4.69, 9.17) is 10.6 Å². The van der Waals surface area contributed by atoms with Gasteiger partial charge in [0.2, 0.25) is 0 Å². The highest BCUT2D eigenvalue weighted by Gasteiger charge is 2.14. The number of aryl methyl sites for hydroxylation is 2. The number of rotatable bonds is 4. The van der Waals surface area contributed by atoms with Crippen LogP contribution in [0.25, 0.3) is 0 Å². The number of ether oxygens (including phenoxy) is 1. The van der Waals surface area contributed by atoms with Crippen molar-refractivity contribution in [2.45, 2.75) is 13.8 Å². The Morgan fingerprint density at radius 1 is 1.24 bits per heavy atom. The van der Waals surface area contributed by atoms with Gasteiger partial charge in [0.05, 0.1) is 24.0 Å². The van der Waals surface area contributed by atoms with Crippen molar-refractivity contribution >= 4 is 17.3 Å². The van der Waals surface area contributed by atoms with Gasteiger partial charge in [-0.3, -0.25) is 15.6 Å². The summed E-state index contributed by atoms with van der Waals surface area (Å²) in [6, 6.07) is 7.27. The Morgan fingerprint density at radius 2 is 2.00 bits per heavy atom. The number of anilines is 2. The van der Waals surface area contributed by atoms with Gasteiger partial charge in [0.15, 0.2) is 0 Å². The van der Waals surface area contributed by atoms with Gasteiger partial charge in [-0.25, -0.2) is 0 Å². The monoisotopic (exact) mass is 286 g/mol. The summed E-state index contributed by atoms with van der Waals surface area (Å²) in [5.74, 6) is 5.74. The summed E-state index contributed by atoms with van der Waals surface area (Å²) in [6.07, 6.45) is 1.49. The second kappa shape index (κ2) is 6.23. The average molecular weight is 286 g/mol. The number of nitrogens with one attached hydrogen (secondary N) is 2. The zero-order chi connectivity index (χ0) is 15.4. The number of carbonyl (C=O) groups excluding carboxylic acids is 1. The topological polar surface area (TPSA) is 89.3 Å². The number of pyridine rings is 1. The number of hydrogen-bond acceptors (Lipinski definition) is 5. The van der Waals surface area contributed by atoms with Gasteiger partial charge in [-0.1, -0.05) is 6.07 Å². The van der Waals surface area contributed by atoms with Crippen LogP contribution in [0, 0.1) is 13.8 Å². The minimum atomic E-state index is -0.306. The lowest BCUT2D eigenvalue weighted by Crippen LogP contribution is -2.18. The lowest BCUT2D eigenvalue weighted by Gasteiger charge is -2.13. The SMILES string of the molecule is COc1ccc(C)cc1NC(=O)c1cnc(C)cc1NN. The van der Waals surface area contributed by atoms with Crippen molar-refractivity contribution in [2.24, 2.45) is 5.84 Å². The highest BCUT2D eigenvalue weighted by Crippen LogP contribution is 2.26. The number of aromatic nitrogens is 1. The Kier molecular flexibility index (Phi) is 4.39. The Balaban J connectivity index is 2.32. The smallest absolute Gasteiger partial charge is 0.259 e. The molecule has 21 heavy (non-hydrogen) atoms. The van der Waals surface area contributed by atoms with Crippen LogP contribution in [-0.4, -0.2) is 18.0 Å². The van der Waals surface area contributed by atoms with Crippen LogP contribution in [0.2, 0.25) is 0 Å². The number of benzene rings is 1. The second-order valence-corrected chi connectivity index (χ2v) is 4.67. The molecule has 0 spiro atoms. The van der Waals surface area contributed by atoms with E-state index in [0.717, 1.165) is 11.3 Å². The maximum Gasteiger partial charge on any atom is 0.259 e. The molecule has 4 N–H and O–H groups in total. The van der Waals surface area contributed by atoms with E-state index < -0.39 is 0 Å². The minimum Gasteiger partial charge on any atom is -0.495 e. The van der Waals surface area contributed by atoms with Crippen LogP contribution < -0.4 is 21.3 Å². The molecule has 0 unspecified atom stereocenters. The third-order valence-electron chi connectivity index (χ3n) is 3.04. The van der Waals surface area contributed by atoms with Crippen LogP contribution in [-0.2, 0) is 0 Å². The van der Waals surface area contributed by atoms with Gasteiger partial charge in [0.25, 0.3) is 5.91 Å². The predicted octanol–water partition coefficient (Wildman–Crippen LogP) is 2.24. The highest BCUT2D eigenvalue weighted by molar-refractivity contribution is 6.08. The molecule has 0 fully saturated rings. The molecule has 0 atom stereocenters. The molecule has 1 heterocycles. The first-order valence-electron chi connectivity index (χ1n) is 6.44. The number of amides is 1. The van der Waals surface area contributed by atoms with E-state index in [9.17, 15) is 4.79 Å². The zero-order valence-corrected chi connectivity index (χ0v) is 12.2. The maximum absolute atomic E-state index is 12.4. The molecule has 1 aromatic heterocycles. The minimum absolute atomic E-state index is 0.306. The fourth-order valence-electron chi connectivity index (χ4n) is 1.97. The summed E-state index contributed by atoms with van der Waals surface area (Å²) in [5.41, 5.74) is 5.79. The number of hydrazine groups is 1. The largest absolute Gasteiger partial charge is 0.495 e. The fraction of sp³-hybridized carbons (Fsp3) is 0.200. The molecule has 2 aromatic rings. The summed E-state index contributed by atoms with van der Waals surface area (Å²) in [6.45, 7) is 3.77. The molecule has 6 nitrogen and oxygen atoms in total. The Morgan fingerprint density at radius 3 is 2.67 bits per heavy atom. The first-order valence-corrected chi connectivity index (χ1v) is 6.44. The number of hydrogen-bond donors (Lipinski definition) is 3. The molecule has 1 aromatic carbocycles. The lowest BCUT2D eigenvalue weighted by atomic mass is 10.1. The third-order valence-corrected chi connectivity index (χ3v) is 3.04. The zero-order valence-electron chi connectivity index (χ0n) is 12.2. The van der Waals surface area contributed by atoms with Crippen molar-refractivity contribution < 1.29 is 9.53 Å². The van der Waals surface area contributed by atoms with Gasteiger partial charge in [-0.05, 0) is 37.6 Å². The fourth-order valence-corrected chi connectivity index (χ4v) is 1.97. The standard InChI is InChI=1S/C15H18N4O2/c1-9-4-5-14(21-3)13(6-9)18-15(20)11-8-17-10(2)7-12(11)19-16/h4-8H,16H2,1-3H3,(H,17,19)(H,18,20). The Hall–Kier alpha value is -2.60. The third kappa shape index (κ3) is 3.29. The first kappa shape index (κ1) is 14.8. The summed E-state index contributed by atoms with van der Waals surface area (Å²) in [5, 5.41) is 2.81. The molecule has 0 saturated heterocycles. The molecule has 1 amide bonds. The number of carbonyl (C=O) groups is 1. The summed E-state index contributed by atoms with van der Waals surface area (Å²) in [4.78, 5) is 16.5. The predicted molar refractivity (Wildman–Crippen MR) is 82.5 cm³/mol. The molecule has 6 heteroatoms. The number of methoxy groups -OCH3 is 1. The second-order valence-electron chi connectivity index (χ2n) is 4.67. The molecular formula is C15H18N4O2. The molecule has 0 aliphatic carbocycles. The number of nitrogen functional groups attached to an aromatic ring is 1. The molecule has 0 radical (unpaired) electrons. The summed E-state index contributed by atoms with van der Waals surface area (Å²) >= 11 is 0. The van der Waals surface area contributed by atoms with E-state index in [-0.39, 0.29) is 5.91 Å². The Bertz CT molecular complexity index is 671. The van der Waals surface area contributed by atoms with Crippen LogP contribution in [0.3, 0.4) is 0 Å². The van der Waals surface area contributed by atoms with Gasteiger partial charge in [-0.15, -0.1) is 0 Å². The van der Waals surface area contributed by atoms with Crippen molar-refractivity contribution in [3.63, 3.8) is 0 Å². The van der Waals surface area contributed by atoms with E-state index in [0.29, 0.717) is 22.7 Å². The highest BCUT2D eigenvalue weighted by atomic mass is 16.5. The van der Waals surface area contributed by atoms with Gasteiger partial charge in [0, 0.05) is 11.9 Å². The Labute approximate surface area is 123 Å². The van der Waals surface area contributed by atoms with Crippen molar-refractivity contribution in [3.05, 3.63) is 47.3 Å². The molecule has 0 aliphatic rings. The average Bonchev–Trinajstić information content (AvgIpc) is 2.47. The van der Waals surface area contributed by atoms with E-state index >= 15 is 0 Å². The molecule has 2 rings (SSSR count). The molecule has 110 valence electrons. The normalized spacial score (nSPS) is 10.1. The van der Waals surface area contributed by atoms with Crippen LogP contribution >= 0.6 is 0 Å². The van der Waals surface area contributed by atoms with E-state index in [1.807, 2.05) is 26.0 Å². The lowest BCUT2D eigenvalue weighted by molar-refractivity contribution is 0.102. The van der Waals surface area contributed by atoms with Crippen molar-refractivity contribution in [2.75, 3.05) is 17.9 Å². The molecule has 0 saturated carbocycles. The van der Waals surface area contributed by atoms with Gasteiger partial charge in [0.1, 0.15) is 5.75 Å². The van der Waals surface area contributed by atoms with Gasteiger partial charge >= 0.3 is 0 Å². The quantitative estimate of drug-likeness (QED) is 0.592. The molecular weight excluding hydrogens is 268 g/mol. The van der Waals surface area contributed by atoms with Crippen LogP contribution in [0.1, 0.15) is 21.6 Å². The maximum atomic E-state index is 12.4. The molecule has 0 bridgehead atoms. The van der Waals surface area contributed by atoms with Gasteiger partial charge < -0.3 is 15.5 Å². The van der Waals surface area contributed by atoms with Crippen molar-refractivity contribution in [1.29, 1.82) is 0 Å². The van der Waals surface area contributed by atoms with Gasteiger partial charge in [-0.2, -0.15) is 0 Å².